The third-order valence-electron chi connectivity index (χ3n) is 3.01. The number of ether oxygens (including phenoxy) is 1. The van der Waals surface area contributed by atoms with Gasteiger partial charge in [-0.2, -0.15) is 5.10 Å². The molecule has 1 fully saturated rings. The fourth-order valence-electron chi connectivity index (χ4n) is 1.93. The maximum absolute atomic E-state index is 11.9. The Hall–Kier alpha value is -1.56. The molecule has 0 radical (unpaired) electrons. The van der Waals surface area contributed by atoms with E-state index in [2.05, 4.69) is 15.5 Å². The summed E-state index contributed by atoms with van der Waals surface area (Å²) in [6.45, 7) is 3.35. The number of hydrogen-bond acceptors (Lipinski definition) is 4. The number of rotatable bonds is 3. The quantitative estimate of drug-likeness (QED) is 0.713. The zero-order chi connectivity index (χ0) is 12.3. The number of aryl methyl sites for hydroxylation is 1. The molecule has 1 amide bonds. The molecular weight excluding hydrogens is 220 g/mol. The van der Waals surface area contributed by atoms with E-state index in [4.69, 9.17) is 10.5 Å². The summed E-state index contributed by atoms with van der Waals surface area (Å²) in [6, 6.07) is 0.164. The molecule has 0 aliphatic carbocycles. The minimum Gasteiger partial charge on any atom is -0.395 e. The standard InChI is InChI=1S/C11H18N4O2/c1-2-8-9(12)10(15-14-8)11(16)13-7-3-5-17-6-4-7/h7H,2-6,12H2,1H3,(H,13,16)(H,14,15). The van der Waals surface area contributed by atoms with Gasteiger partial charge in [-0.1, -0.05) is 6.92 Å². The molecule has 94 valence electrons. The van der Waals surface area contributed by atoms with E-state index in [1.165, 1.54) is 0 Å². The third kappa shape index (κ3) is 2.58. The van der Waals surface area contributed by atoms with Crippen molar-refractivity contribution in [2.75, 3.05) is 18.9 Å². The number of carbonyl (C=O) groups is 1. The molecule has 1 aliphatic rings. The molecule has 0 spiro atoms. The molecule has 2 rings (SSSR count). The Kier molecular flexibility index (Phi) is 3.63. The summed E-state index contributed by atoms with van der Waals surface area (Å²) in [6.07, 6.45) is 2.43. The zero-order valence-corrected chi connectivity index (χ0v) is 9.95. The second-order valence-corrected chi connectivity index (χ2v) is 4.18. The van der Waals surface area contributed by atoms with Crippen LogP contribution in [0.3, 0.4) is 0 Å². The monoisotopic (exact) mass is 238 g/mol. The van der Waals surface area contributed by atoms with E-state index in [-0.39, 0.29) is 11.9 Å². The number of hydrogen-bond donors (Lipinski definition) is 3. The van der Waals surface area contributed by atoms with Gasteiger partial charge in [0.05, 0.1) is 11.4 Å². The van der Waals surface area contributed by atoms with Crippen molar-refractivity contribution >= 4 is 11.6 Å². The van der Waals surface area contributed by atoms with Crippen LogP contribution < -0.4 is 11.1 Å². The van der Waals surface area contributed by atoms with Crippen LogP contribution in [0.1, 0.15) is 35.9 Å². The van der Waals surface area contributed by atoms with Crippen LogP contribution in [-0.2, 0) is 11.2 Å². The van der Waals surface area contributed by atoms with Gasteiger partial charge in [0.1, 0.15) is 0 Å². The number of nitrogens with zero attached hydrogens (tertiary/aromatic N) is 1. The van der Waals surface area contributed by atoms with Crippen molar-refractivity contribution in [2.45, 2.75) is 32.2 Å². The Balaban J connectivity index is 2.01. The first-order chi connectivity index (χ1) is 8.22. The lowest BCUT2D eigenvalue weighted by Gasteiger charge is -2.22. The van der Waals surface area contributed by atoms with Crippen molar-refractivity contribution in [3.8, 4) is 0 Å². The lowest BCUT2D eigenvalue weighted by atomic mass is 10.1. The van der Waals surface area contributed by atoms with Gasteiger partial charge in [-0.15, -0.1) is 0 Å². The molecule has 0 atom stereocenters. The molecule has 1 aliphatic heterocycles. The van der Waals surface area contributed by atoms with Gasteiger partial charge in [-0.05, 0) is 19.3 Å². The van der Waals surface area contributed by atoms with E-state index < -0.39 is 0 Å². The van der Waals surface area contributed by atoms with Gasteiger partial charge < -0.3 is 15.8 Å². The highest BCUT2D eigenvalue weighted by molar-refractivity contribution is 5.97. The Morgan fingerprint density at radius 2 is 2.29 bits per heavy atom. The van der Waals surface area contributed by atoms with Gasteiger partial charge in [-0.3, -0.25) is 9.89 Å². The average Bonchev–Trinajstić information content (AvgIpc) is 2.71. The van der Waals surface area contributed by atoms with Crippen LogP contribution in [-0.4, -0.2) is 35.4 Å². The number of anilines is 1. The smallest absolute Gasteiger partial charge is 0.274 e. The number of aromatic amines is 1. The van der Waals surface area contributed by atoms with Crippen molar-refractivity contribution in [1.29, 1.82) is 0 Å². The summed E-state index contributed by atoms with van der Waals surface area (Å²) in [5.41, 5.74) is 7.40. The molecule has 17 heavy (non-hydrogen) atoms. The number of nitrogen functional groups attached to an aromatic ring is 1. The molecule has 4 N–H and O–H groups in total. The lowest BCUT2D eigenvalue weighted by Crippen LogP contribution is -2.39. The Morgan fingerprint density at radius 3 is 2.88 bits per heavy atom. The average molecular weight is 238 g/mol. The molecule has 0 bridgehead atoms. The molecule has 6 nitrogen and oxygen atoms in total. The van der Waals surface area contributed by atoms with E-state index in [0.29, 0.717) is 24.6 Å². The minimum atomic E-state index is -0.203. The van der Waals surface area contributed by atoms with E-state index in [1.54, 1.807) is 0 Å². The fourth-order valence-corrected chi connectivity index (χ4v) is 1.93. The largest absolute Gasteiger partial charge is 0.395 e. The Labute approximate surface area is 99.9 Å². The van der Waals surface area contributed by atoms with E-state index in [0.717, 1.165) is 25.0 Å². The zero-order valence-electron chi connectivity index (χ0n) is 9.95. The SMILES string of the molecule is CCc1[nH]nc(C(=O)NC2CCOCC2)c1N. The summed E-state index contributed by atoms with van der Waals surface area (Å²) in [7, 11) is 0. The van der Waals surface area contributed by atoms with Crippen LogP contribution in [0.15, 0.2) is 0 Å². The van der Waals surface area contributed by atoms with Crippen molar-refractivity contribution in [2.24, 2.45) is 0 Å². The molecule has 1 saturated heterocycles. The number of amides is 1. The molecule has 1 aromatic heterocycles. The van der Waals surface area contributed by atoms with Gasteiger partial charge in [0.2, 0.25) is 0 Å². The predicted octanol–water partition coefficient (Wildman–Crippen LogP) is 0.463. The van der Waals surface area contributed by atoms with E-state index in [9.17, 15) is 4.79 Å². The van der Waals surface area contributed by atoms with Crippen LogP contribution in [0.4, 0.5) is 5.69 Å². The van der Waals surface area contributed by atoms with Crippen molar-refractivity contribution in [3.63, 3.8) is 0 Å². The summed E-state index contributed by atoms with van der Waals surface area (Å²) >= 11 is 0. The second kappa shape index (κ2) is 5.18. The van der Waals surface area contributed by atoms with Crippen molar-refractivity contribution in [3.05, 3.63) is 11.4 Å². The van der Waals surface area contributed by atoms with Crippen LogP contribution in [0.2, 0.25) is 0 Å². The lowest BCUT2D eigenvalue weighted by molar-refractivity contribution is 0.0694. The highest BCUT2D eigenvalue weighted by atomic mass is 16.5. The highest BCUT2D eigenvalue weighted by Crippen LogP contribution is 2.15. The first-order valence-electron chi connectivity index (χ1n) is 5.93. The summed E-state index contributed by atoms with van der Waals surface area (Å²) in [5.74, 6) is -0.203. The molecule has 2 heterocycles. The second-order valence-electron chi connectivity index (χ2n) is 4.18. The topological polar surface area (TPSA) is 93.0 Å². The number of nitrogens with one attached hydrogen (secondary N) is 2. The van der Waals surface area contributed by atoms with Gasteiger partial charge in [0.25, 0.3) is 5.91 Å². The predicted molar refractivity (Wildman–Crippen MR) is 63.7 cm³/mol. The number of H-pyrrole nitrogens is 1. The van der Waals surface area contributed by atoms with Gasteiger partial charge in [0.15, 0.2) is 5.69 Å². The van der Waals surface area contributed by atoms with Crippen LogP contribution in [0.25, 0.3) is 0 Å². The fraction of sp³-hybridized carbons (Fsp3) is 0.636. The van der Waals surface area contributed by atoms with E-state index in [1.807, 2.05) is 6.92 Å². The minimum absolute atomic E-state index is 0.164. The third-order valence-corrected chi connectivity index (χ3v) is 3.01. The molecule has 0 saturated carbocycles. The molecule has 6 heteroatoms. The van der Waals surface area contributed by atoms with Crippen LogP contribution in [0.5, 0.6) is 0 Å². The maximum atomic E-state index is 11.9. The van der Waals surface area contributed by atoms with Crippen molar-refractivity contribution in [1.82, 2.24) is 15.5 Å². The molecular formula is C11H18N4O2. The normalized spacial score (nSPS) is 17.0. The Bertz CT molecular complexity index is 396. The molecule has 1 aromatic rings. The number of nitrogens with two attached hydrogens (primary N) is 1. The Morgan fingerprint density at radius 1 is 1.59 bits per heavy atom. The number of carbonyl (C=O) groups excluding carboxylic acids is 1. The van der Waals surface area contributed by atoms with Gasteiger partial charge in [0, 0.05) is 19.3 Å². The summed E-state index contributed by atoms with van der Waals surface area (Å²) in [5, 5.41) is 9.67. The van der Waals surface area contributed by atoms with Crippen LogP contribution in [0, 0.1) is 0 Å². The van der Waals surface area contributed by atoms with Gasteiger partial charge >= 0.3 is 0 Å². The maximum Gasteiger partial charge on any atom is 0.274 e. The molecule has 0 unspecified atom stereocenters. The highest BCUT2D eigenvalue weighted by Gasteiger charge is 2.21. The number of aromatic nitrogens is 2. The van der Waals surface area contributed by atoms with Crippen LogP contribution >= 0.6 is 0 Å². The molecule has 0 aromatic carbocycles. The first-order valence-corrected chi connectivity index (χ1v) is 5.93. The summed E-state index contributed by atoms with van der Waals surface area (Å²) in [4.78, 5) is 11.9. The first kappa shape index (κ1) is 11.9. The summed E-state index contributed by atoms with van der Waals surface area (Å²) < 4.78 is 5.23. The van der Waals surface area contributed by atoms with Gasteiger partial charge in [-0.25, -0.2) is 0 Å². The van der Waals surface area contributed by atoms with E-state index >= 15 is 0 Å². The van der Waals surface area contributed by atoms with Crippen molar-refractivity contribution < 1.29 is 9.53 Å².